The van der Waals surface area contributed by atoms with Crippen LogP contribution in [0.3, 0.4) is 0 Å². The monoisotopic (exact) mass is 301 g/mol. The highest BCUT2D eigenvalue weighted by Crippen LogP contribution is 2.30. The molecule has 0 radical (unpaired) electrons. The molecule has 0 aliphatic rings. The van der Waals surface area contributed by atoms with Crippen molar-refractivity contribution in [2.45, 2.75) is 12.8 Å². The summed E-state index contributed by atoms with van der Waals surface area (Å²) in [5.74, 6) is -0.137. The topological polar surface area (TPSA) is 44.0 Å². The van der Waals surface area contributed by atoms with Gasteiger partial charge in [-0.05, 0) is 46.1 Å². The first kappa shape index (κ1) is 12.7. The number of rotatable bonds is 2. The van der Waals surface area contributed by atoms with Crippen molar-refractivity contribution in [2.24, 2.45) is 0 Å². The van der Waals surface area contributed by atoms with Crippen LogP contribution in [0.5, 0.6) is 5.75 Å². The van der Waals surface area contributed by atoms with Crippen LogP contribution in [0, 0.1) is 18.3 Å². The minimum Gasteiger partial charge on any atom is -0.507 e. The molecule has 0 aliphatic heterocycles. The van der Waals surface area contributed by atoms with Crippen LogP contribution in [0.2, 0.25) is 0 Å². The van der Waals surface area contributed by atoms with Crippen molar-refractivity contribution < 1.29 is 5.11 Å². The van der Waals surface area contributed by atoms with Gasteiger partial charge in [-0.25, -0.2) is 0 Å². The molecule has 2 rings (SSSR count). The van der Waals surface area contributed by atoms with Crippen LogP contribution in [0.15, 0.2) is 46.9 Å². The molecular formula is C15H12BrNO. The summed E-state index contributed by atoms with van der Waals surface area (Å²) in [5.41, 5.74) is 2.99. The Hall–Kier alpha value is -1.79. The predicted octanol–water partition coefficient (Wildman–Crippen LogP) is 4.12. The molecular weight excluding hydrogens is 290 g/mol. The molecule has 1 N–H and O–H groups in total. The summed E-state index contributed by atoms with van der Waals surface area (Å²) in [6.45, 7) is 2.02. The van der Waals surface area contributed by atoms with E-state index >= 15 is 0 Å². The van der Waals surface area contributed by atoms with Gasteiger partial charge in [0.15, 0.2) is 0 Å². The first-order valence-corrected chi connectivity index (χ1v) is 6.35. The third-order valence-electron chi connectivity index (χ3n) is 2.84. The van der Waals surface area contributed by atoms with E-state index in [1.54, 1.807) is 18.2 Å². The first-order chi connectivity index (χ1) is 8.61. The number of phenolic OH excluding ortho intramolecular Hbond substituents is 1. The van der Waals surface area contributed by atoms with Crippen LogP contribution < -0.4 is 0 Å². The van der Waals surface area contributed by atoms with Crippen molar-refractivity contribution in [1.29, 1.82) is 5.26 Å². The third kappa shape index (κ3) is 2.55. The van der Waals surface area contributed by atoms with Gasteiger partial charge in [-0.15, -0.1) is 0 Å². The van der Waals surface area contributed by atoms with E-state index in [1.165, 1.54) is 5.56 Å². The normalized spacial score (nSPS) is 11.8. The summed E-state index contributed by atoms with van der Waals surface area (Å²) in [6, 6.07) is 15.4. The summed E-state index contributed by atoms with van der Waals surface area (Å²) >= 11 is 3.27. The van der Waals surface area contributed by atoms with E-state index < -0.39 is 0 Å². The van der Waals surface area contributed by atoms with Crippen molar-refractivity contribution in [3.8, 4) is 11.8 Å². The van der Waals surface area contributed by atoms with Crippen molar-refractivity contribution in [1.82, 2.24) is 0 Å². The molecule has 1 atom stereocenters. The van der Waals surface area contributed by atoms with Gasteiger partial charge in [0, 0.05) is 0 Å². The maximum absolute atomic E-state index is 9.48. The van der Waals surface area contributed by atoms with Crippen LogP contribution in [0.4, 0.5) is 0 Å². The average molecular weight is 302 g/mol. The number of nitriles is 1. The molecule has 0 spiro atoms. The van der Waals surface area contributed by atoms with E-state index in [-0.39, 0.29) is 11.7 Å². The number of aryl methyl sites for hydroxylation is 1. The lowest BCUT2D eigenvalue weighted by Gasteiger charge is -2.11. The van der Waals surface area contributed by atoms with Gasteiger partial charge < -0.3 is 5.11 Å². The second-order valence-electron chi connectivity index (χ2n) is 4.18. The number of aromatic hydroxyl groups is 1. The van der Waals surface area contributed by atoms with Gasteiger partial charge in [0.1, 0.15) is 5.75 Å². The largest absolute Gasteiger partial charge is 0.507 e. The molecule has 1 unspecified atom stereocenters. The van der Waals surface area contributed by atoms with Crippen LogP contribution in [0.1, 0.15) is 22.6 Å². The minimum absolute atomic E-state index is 0.180. The van der Waals surface area contributed by atoms with Gasteiger partial charge in [-0.3, -0.25) is 0 Å². The Morgan fingerprint density at radius 3 is 2.28 bits per heavy atom. The first-order valence-electron chi connectivity index (χ1n) is 5.56. The number of nitrogens with zero attached hydrogens (tertiary/aromatic N) is 1. The van der Waals surface area contributed by atoms with Gasteiger partial charge in [-0.2, -0.15) is 5.26 Å². The quantitative estimate of drug-likeness (QED) is 0.907. The zero-order valence-corrected chi connectivity index (χ0v) is 11.5. The molecule has 2 nitrogen and oxygen atoms in total. The summed E-state index contributed by atoms with van der Waals surface area (Å²) < 4.78 is 0.604. The molecule has 0 saturated carbocycles. The molecule has 0 amide bonds. The van der Waals surface area contributed by atoms with Crippen LogP contribution in [-0.2, 0) is 0 Å². The molecule has 0 aromatic heterocycles. The van der Waals surface area contributed by atoms with E-state index in [0.717, 1.165) is 11.1 Å². The summed E-state index contributed by atoms with van der Waals surface area (Å²) in [4.78, 5) is 0. The number of benzene rings is 2. The fourth-order valence-electron chi connectivity index (χ4n) is 1.80. The predicted molar refractivity (Wildman–Crippen MR) is 74.4 cm³/mol. The molecule has 90 valence electrons. The number of phenols is 1. The highest BCUT2D eigenvalue weighted by Gasteiger charge is 2.14. The number of halogens is 1. The fraction of sp³-hybridized carbons (Fsp3) is 0.133. The minimum atomic E-state index is -0.317. The molecule has 3 heteroatoms. The van der Waals surface area contributed by atoms with Crippen molar-refractivity contribution >= 4 is 15.9 Å². The van der Waals surface area contributed by atoms with Crippen molar-refractivity contribution in [2.75, 3.05) is 0 Å². The van der Waals surface area contributed by atoms with E-state index in [1.807, 2.05) is 31.2 Å². The molecule has 2 aromatic carbocycles. The van der Waals surface area contributed by atoms with Crippen LogP contribution in [0.25, 0.3) is 0 Å². The van der Waals surface area contributed by atoms with Gasteiger partial charge in [-0.1, -0.05) is 35.9 Å². The Morgan fingerprint density at radius 2 is 1.72 bits per heavy atom. The Bertz CT molecular complexity index is 599. The molecule has 18 heavy (non-hydrogen) atoms. The molecule has 2 aromatic rings. The van der Waals surface area contributed by atoms with E-state index in [4.69, 9.17) is 0 Å². The Balaban J connectivity index is 2.42. The van der Waals surface area contributed by atoms with Gasteiger partial charge in [0.2, 0.25) is 0 Å². The van der Waals surface area contributed by atoms with Crippen molar-refractivity contribution in [3.63, 3.8) is 0 Å². The third-order valence-corrected chi connectivity index (χ3v) is 3.48. The number of hydrogen-bond donors (Lipinski definition) is 1. The van der Waals surface area contributed by atoms with E-state index in [2.05, 4.69) is 22.0 Å². The molecule has 0 saturated heterocycles. The summed E-state index contributed by atoms with van der Waals surface area (Å²) in [7, 11) is 0. The zero-order valence-electron chi connectivity index (χ0n) is 9.89. The molecule has 0 bridgehead atoms. The van der Waals surface area contributed by atoms with Crippen LogP contribution >= 0.6 is 15.9 Å². The standard InChI is InChI=1S/C15H12BrNO/c1-10-2-4-11(5-3-10)13(9-17)12-6-7-15(18)14(16)8-12/h2-8,13,18H,1H3. The maximum Gasteiger partial charge on any atom is 0.129 e. The highest BCUT2D eigenvalue weighted by atomic mass is 79.9. The van der Waals surface area contributed by atoms with Gasteiger partial charge >= 0.3 is 0 Å². The molecule has 0 fully saturated rings. The lowest BCUT2D eigenvalue weighted by Crippen LogP contribution is -1.98. The van der Waals surface area contributed by atoms with Crippen molar-refractivity contribution in [3.05, 3.63) is 63.6 Å². The highest BCUT2D eigenvalue weighted by molar-refractivity contribution is 9.10. The summed E-state index contributed by atoms with van der Waals surface area (Å²) in [6.07, 6.45) is 0. The molecule has 0 aliphatic carbocycles. The lowest BCUT2D eigenvalue weighted by atomic mass is 9.92. The Labute approximate surface area is 115 Å². The van der Waals surface area contributed by atoms with Gasteiger partial charge in [0.05, 0.1) is 16.5 Å². The van der Waals surface area contributed by atoms with E-state index in [9.17, 15) is 10.4 Å². The Morgan fingerprint density at radius 1 is 1.11 bits per heavy atom. The zero-order chi connectivity index (χ0) is 13.1. The second kappa shape index (κ2) is 5.24. The number of hydrogen-bond acceptors (Lipinski definition) is 2. The summed E-state index contributed by atoms with van der Waals surface area (Å²) in [5, 5.41) is 18.8. The van der Waals surface area contributed by atoms with Gasteiger partial charge in [0.25, 0.3) is 0 Å². The SMILES string of the molecule is Cc1ccc(C(C#N)c2ccc(O)c(Br)c2)cc1. The maximum atomic E-state index is 9.48. The second-order valence-corrected chi connectivity index (χ2v) is 5.04. The molecule has 0 heterocycles. The van der Waals surface area contributed by atoms with E-state index in [0.29, 0.717) is 4.47 Å². The smallest absolute Gasteiger partial charge is 0.129 e. The lowest BCUT2D eigenvalue weighted by molar-refractivity contribution is 0.471. The Kier molecular flexibility index (Phi) is 3.69. The fourth-order valence-corrected chi connectivity index (χ4v) is 2.20. The average Bonchev–Trinajstić information content (AvgIpc) is 2.37. The van der Waals surface area contributed by atoms with Crippen LogP contribution in [-0.4, -0.2) is 5.11 Å².